The number of nitrogens with one attached hydrogen (secondary N) is 2. The Morgan fingerprint density at radius 1 is 0.523 bits per heavy atom. The zero-order valence-electron chi connectivity index (χ0n) is 25.8. The smallest absolute Gasteiger partial charge is 0.0743 e. The van der Waals surface area contributed by atoms with Crippen LogP contribution in [0.25, 0.3) is 45.4 Å². The maximum Gasteiger partial charge on any atom is 0.0743 e. The zero-order valence-corrected chi connectivity index (χ0v) is 25.8. The van der Waals surface area contributed by atoms with Gasteiger partial charge in [-0.2, -0.15) is 0 Å². The molecule has 0 atom stereocenters. The van der Waals surface area contributed by atoms with E-state index in [2.05, 4.69) is 153 Å². The minimum atomic E-state index is 0.930. The van der Waals surface area contributed by atoms with Gasteiger partial charge in [0.15, 0.2) is 0 Å². The van der Waals surface area contributed by atoms with Gasteiger partial charge in [0.2, 0.25) is 0 Å². The number of aromatic nitrogens is 3. The molecule has 0 spiro atoms. The highest BCUT2D eigenvalue weighted by molar-refractivity contribution is 6.06. The summed E-state index contributed by atoms with van der Waals surface area (Å²) in [4.78, 5) is 13.0. The van der Waals surface area contributed by atoms with Gasteiger partial charge in [-0.1, -0.05) is 98.8 Å². The van der Waals surface area contributed by atoms with Crippen LogP contribution in [0.1, 0.15) is 69.7 Å². The molecule has 0 fully saturated rings. The molecule has 0 radical (unpaired) electrons. The first-order valence-corrected chi connectivity index (χ1v) is 15.6. The molecule has 8 bridgehead atoms. The Balaban J connectivity index is 1.69. The molecular weight excluding hydrogens is 534 g/mol. The highest BCUT2D eigenvalue weighted by atomic mass is 14.8. The highest BCUT2D eigenvalue weighted by Gasteiger charge is 2.24. The number of nitrogens with zero attached hydrogens (tertiary/aromatic N) is 1. The van der Waals surface area contributed by atoms with Crippen molar-refractivity contribution in [1.29, 1.82) is 0 Å². The van der Waals surface area contributed by atoms with Crippen LogP contribution < -0.4 is 0 Å². The molecule has 4 heterocycles. The minimum absolute atomic E-state index is 0.930. The molecule has 0 saturated carbocycles. The van der Waals surface area contributed by atoms with Gasteiger partial charge in [-0.25, -0.2) is 4.98 Å². The molecule has 0 unspecified atom stereocenters. The molecule has 2 aliphatic rings. The van der Waals surface area contributed by atoms with Crippen LogP contribution >= 0.6 is 0 Å². The minimum Gasteiger partial charge on any atom is -0.355 e. The average molecular weight is 572 g/mol. The van der Waals surface area contributed by atoms with Crippen LogP contribution in [0, 0.1) is 13.8 Å². The van der Waals surface area contributed by atoms with Crippen LogP contribution in [0.2, 0.25) is 0 Å². The summed E-state index contributed by atoms with van der Waals surface area (Å²) in [6, 6.07) is 32.7. The van der Waals surface area contributed by atoms with E-state index in [1.54, 1.807) is 0 Å². The van der Waals surface area contributed by atoms with Crippen molar-refractivity contribution in [2.75, 3.05) is 0 Å². The van der Waals surface area contributed by atoms with E-state index < -0.39 is 0 Å². The third-order valence-corrected chi connectivity index (χ3v) is 8.94. The second kappa shape index (κ2) is 11.5. The van der Waals surface area contributed by atoms with Gasteiger partial charge in [0.05, 0.1) is 11.4 Å². The van der Waals surface area contributed by atoms with Crippen LogP contribution in [0.15, 0.2) is 103 Å². The number of hydrogen-bond donors (Lipinski definition) is 2. The Morgan fingerprint density at radius 3 is 1.36 bits per heavy atom. The fourth-order valence-electron chi connectivity index (χ4n) is 6.71. The normalized spacial score (nSPS) is 12.9. The lowest BCUT2D eigenvalue weighted by Crippen LogP contribution is -1.91. The summed E-state index contributed by atoms with van der Waals surface area (Å²) in [5.74, 6) is 0. The number of allylic oxidation sites excluding steroid dienone is 2. The Morgan fingerprint density at radius 2 is 0.955 bits per heavy atom. The average Bonchev–Trinajstić information content (AvgIpc) is 3.57. The van der Waals surface area contributed by atoms with Gasteiger partial charge in [-0.15, -0.1) is 0 Å². The van der Waals surface area contributed by atoms with Gasteiger partial charge in [0.1, 0.15) is 0 Å². The van der Waals surface area contributed by atoms with Gasteiger partial charge in [0.25, 0.3) is 0 Å². The van der Waals surface area contributed by atoms with Crippen molar-refractivity contribution >= 4 is 45.4 Å². The van der Waals surface area contributed by atoms with Crippen molar-refractivity contribution in [3.63, 3.8) is 0 Å². The summed E-state index contributed by atoms with van der Waals surface area (Å²) in [5, 5.41) is 0. The molecule has 216 valence electrons. The Kier molecular flexibility index (Phi) is 7.23. The van der Waals surface area contributed by atoms with E-state index in [0.717, 1.165) is 79.7 Å². The van der Waals surface area contributed by atoms with E-state index in [1.807, 2.05) is 0 Å². The highest BCUT2D eigenvalue weighted by Crippen LogP contribution is 2.40. The molecule has 7 rings (SSSR count). The quantitative estimate of drug-likeness (QED) is 0.217. The Hall–Kier alpha value is -5.15. The Bertz CT molecular complexity index is 1980. The molecule has 0 saturated heterocycles. The second-order valence-electron chi connectivity index (χ2n) is 11.6. The van der Waals surface area contributed by atoms with Crippen molar-refractivity contribution < 1.29 is 0 Å². The van der Waals surface area contributed by atoms with Gasteiger partial charge >= 0.3 is 0 Å². The standard InChI is InChI=1S/C41H37N3/c1-5-32-26(3)34-22-28-15-13-14-16-29(21-28)23-35-27(4)33(6-2)37(43-35)25-39-41(31-19-11-8-12-20-31)40(30-17-9-7-10-18-30)38(44-39)24-36(32)42-34/h7-25,42-43H,5-6H2,1-4H3. The van der Waals surface area contributed by atoms with Gasteiger partial charge in [-0.05, 0) is 102 Å². The van der Waals surface area contributed by atoms with E-state index in [4.69, 9.17) is 4.98 Å². The molecule has 2 aromatic carbocycles. The van der Waals surface area contributed by atoms with Crippen molar-refractivity contribution in [3.8, 4) is 0 Å². The maximum absolute atomic E-state index is 5.43. The first-order valence-electron chi connectivity index (χ1n) is 15.6. The zero-order chi connectivity index (χ0) is 30.2. The molecule has 44 heavy (non-hydrogen) atoms. The second-order valence-corrected chi connectivity index (χ2v) is 11.6. The lowest BCUT2D eigenvalue weighted by Gasteiger charge is -2.09. The third-order valence-electron chi connectivity index (χ3n) is 8.94. The van der Waals surface area contributed by atoms with Crippen LogP contribution in [0.5, 0.6) is 0 Å². The predicted molar refractivity (Wildman–Crippen MR) is 187 cm³/mol. The summed E-state index contributed by atoms with van der Waals surface area (Å²) in [7, 11) is 0. The summed E-state index contributed by atoms with van der Waals surface area (Å²) in [6.45, 7) is 8.92. The van der Waals surface area contributed by atoms with Crippen LogP contribution in [0.3, 0.4) is 0 Å². The summed E-state index contributed by atoms with van der Waals surface area (Å²) in [5.41, 5.74) is 18.6. The molecule has 3 heteroatoms. The van der Waals surface area contributed by atoms with Gasteiger partial charge in [-0.3, -0.25) is 0 Å². The Labute approximate surface area is 259 Å². The summed E-state index contributed by atoms with van der Waals surface area (Å²) >= 11 is 0. The largest absolute Gasteiger partial charge is 0.355 e. The first kappa shape index (κ1) is 27.7. The molecular formula is C41H37N3. The van der Waals surface area contributed by atoms with Crippen LogP contribution in [0.4, 0.5) is 0 Å². The molecule has 3 nitrogen and oxygen atoms in total. The number of hydrogen-bond acceptors (Lipinski definition) is 1. The molecule has 5 aromatic rings. The first-order chi connectivity index (χ1) is 21.5. The van der Waals surface area contributed by atoms with Crippen molar-refractivity contribution in [2.24, 2.45) is 0 Å². The van der Waals surface area contributed by atoms with Crippen molar-refractivity contribution in [1.82, 2.24) is 15.0 Å². The van der Waals surface area contributed by atoms with E-state index in [0.29, 0.717) is 0 Å². The molecule has 0 amide bonds. The van der Waals surface area contributed by atoms with Gasteiger partial charge in [0, 0.05) is 33.2 Å². The van der Waals surface area contributed by atoms with Crippen molar-refractivity contribution in [2.45, 2.75) is 40.5 Å². The lowest BCUT2D eigenvalue weighted by atomic mass is 9.92. The predicted octanol–water partition coefficient (Wildman–Crippen LogP) is 10.4. The SMILES string of the molecule is CCc1c(C)c2cc3cc(cc4[nH]c(cc5nc(cc1[nH]2)C(c1ccccc1)=C5c1ccccc1)c(CC)c4C)C=CC=C3. The summed E-state index contributed by atoms with van der Waals surface area (Å²) < 4.78 is 0. The number of aryl methyl sites for hydroxylation is 4. The topological polar surface area (TPSA) is 44.5 Å². The van der Waals surface area contributed by atoms with Crippen molar-refractivity contribution in [3.05, 3.63) is 159 Å². The number of fused-ring (bicyclic) bond motifs is 8. The number of rotatable bonds is 4. The summed E-state index contributed by atoms with van der Waals surface area (Å²) in [6.07, 6.45) is 10.5. The fraction of sp³-hybridized carbons (Fsp3) is 0.146. The molecule has 3 aromatic heterocycles. The molecule has 2 N–H and O–H groups in total. The lowest BCUT2D eigenvalue weighted by molar-refractivity contribution is 1.14. The number of benzene rings is 2. The monoisotopic (exact) mass is 571 g/mol. The van der Waals surface area contributed by atoms with Crippen LogP contribution in [-0.2, 0) is 12.8 Å². The molecule has 1 aliphatic carbocycles. The van der Waals surface area contributed by atoms with Crippen LogP contribution in [-0.4, -0.2) is 15.0 Å². The van der Waals surface area contributed by atoms with E-state index in [9.17, 15) is 0 Å². The fourth-order valence-corrected chi connectivity index (χ4v) is 6.71. The van der Waals surface area contributed by atoms with E-state index in [1.165, 1.54) is 22.3 Å². The van der Waals surface area contributed by atoms with Gasteiger partial charge < -0.3 is 9.97 Å². The van der Waals surface area contributed by atoms with E-state index >= 15 is 0 Å². The third kappa shape index (κ3) is 4.95. The number of aromatic amines is 2. The number of H-pyrrole nitrogens is 2. The maximum atomic E-state index is 5.43. The molecule has 1 aliphatic heterocycles. The van der Waals surface area contributed by atoms with E-state index in [-0.39, 0.29) is 0 Å².